The van der Waals surface area contributed by atoms with Crippen molar-refractivity contribution in [2.45, 2.75) is 66.6 Å². The van der Waals surface area contributed by atoms with E-state index in [1.54, 1.807) is 0 Å². The van der Waals surface area contributed by atoms with Crippen molar-refractivity contribution in [2.75, 3.05) is 13.1 Å². The molecular weight excluding hydrogens is 252 g/mol. The van der Waals surface area contributed by atoms with Gasteiger partial charge < -0.3 is 5.32 Å². The first-order valence-electron chi connectivity index (χ1n) is 7.61. The molecule has 0 radical (unpaired) electrons. The van der Waals surface area contributed by atoms with E-state index in [1.165, 1.54) is 34.7 Å². The third-order valence-electron chi connectivity index (χ3n) is 3.41. The molecule has 0 aromatic carbocycles. The summed E-state index contributed by atoms with van der Waals surface area (Å²) in [5.41, 5.74) is 1.51. The monoisotopic (exact) mass is 282 g/mol. The first-order chi connectivity index (χ1) is 9.08. The number of hydrogen-bond donors (Lipinski definition) is 1. The number of nitrogens with zero attached hydrogens (tertiary/aromatic N) is 1. The lowest BCUT2D eigenvalue weighted by atomic mass is 10.2. The highest BCUT2D eigenvalue weighted by Crippen LogP contribution is 2.23. The van der Waals surface area contributed by atoms with Gasteiger partial charge in [-0.25, -0.2) is 0 Å². The van der Waals surface area contributed by atoms with Gasteiger partial charge >= 0.3 is 0 Å². The van der Waals surface area contributed by atoms with Crippen LogP contribution < -0.4 is 5.32 Å². The first-order valence-corrected chi connectivity index (χ1v) is 8.43. The number of aryl methyl sites for hydroxylation is 1. The van der Waals surface area contributed by atoms with E-state index in [0.717, 1.165) is 19.6 Å². The number of hydrogen-bond acceptors (Lipinski definition) is 3. The molecule has 0 aliphatic heterocycles. The summed E-state index contributed by atoms with van der Waals surface area (Å²) < 4.78 is 0. The van der Waals surface area contributed by atoms with E-state index < -0.39 is 0 Å². The maximum Gasteiger partial charge on any atom is 0.0299 e. The van der Waals surface area contributed by atoms with Crippen LogP contribution in [0.3, 0.4) is 0 Å². The molecular formula is C16H30N2S. The Labute approximate surface area is 123 Å². The molecule has 3 heteroatoms. The van der Waals surface area contributed by atoms with Gasteiger partial charge in [0.05, 0.1) is 0 Å². The van der Waals surface area contributed by atoms with Crippen LogP contribution in [0.5, 0.6) is 0 Å². The minimum absolute atomic E-state index is 0.626. The Morgan fingerprint density at radius 1 is 1.26 bits per heavy atom. The zero-order valence-electron chi connectivity index (χ0n) is 13.3. The van der Waals surface area contributed by atoms with E-state index in [-0.39, 0.29) is 0 Å². The Morgan fingerprint density at radius 3 is 2.58 bits per heavy atom. The molecule has 0 amide bonds. The third kappa shape index (κ3) is 5.64. The molecule has 0 saturated carbocycles. The van der Waals surface area contributed by atoms with E-state index >= 15 is 0 Å². The van der Waals surface area contributed by atoms with Crippen LogP contribution in [0, 0.1) is 6.92 Å². The SMILES string of the molecule is CCCNCc1cc(CN(CCC)C(C)C)c(C)s1. The van der Waals surface area contributed by atoms with Gasteiger partial charge in [0.15, 0.2) is 0 Å². The lowest BCUT2D eigenvalue weighted by molar-refractivity contribution is 0.213. The molecule has 0 atom stereocenters. The van der Waals surface area contributed by atoms with Gasteiger partial charge in [-0.3, -0.25) is 4.90 Å². The fourth-order valence-electron chi connectivity index (χ4n) is 2.25. The average Bonchev–Trinajstić information content (AvgIpc) is 2.70. The second kappa shape index (κ2) is 8.72. The average molecular weight is 282 g/mol. The summed E-state index contributed by atoms with van der Waals surface area (Å²) in [6.07, 6.45) is 2.43. The fraction of sp³-hybridized carbons (Fsp3) is 0.750. The van der Waals surface area contributed by atoms with E-state index in [1.807, 2.05) is 11.3 Å². The smallest absolute Gasteiger partial charge is 0.0299 e. The minimum atomic E-state index is 0.626. The highest BCUT2D eigenvalue weighted by atomic mass is 32.1. The van der Waals surface area contributed by atoms with Gasteiger partial charge in [-0.05, 0) is 58.3 Å². The zero-order chi connectivity index (χ0) is 14.3. The van der Waals surface area contributed by atoms with Crippen LogP contribution in [0.1, 0.15) is 55.9 Å². The highest BCUT2D eigenvalue weighted by molar-refractivity contribution is 7.12. The molecule has 0 bridgehead atoms. The second-order valence-electron chi connectivity index (χ2n) is 5.54. The van der Waals surface area contributed by atoms with Gasteiger partial charge in [0.1, 0.15) is 0 Å². The molecule has 1 rings (SSSR count). The number of rotatable bonds is 9. The van der Waals surface area contributed by atoms with Crippen molar-refractivity contribution in [3.8, 4) is 0 Å². The van der Waals surface area contributed by atoms with E-state index in [4.69, 9.17) is 0 Å². The van der Waals surface area contributed by atoms with Gasteiger partial charge in [0.25, 0.3) is 0 Å². The van der Waals surface area contributed by atoms with Crippen LogP contribution in [-0.4, -0.2) is 24.0 Å². The fourth-order valence-corrected chi connectivity index (χ4v) is 3.27. The summed E-state index contributed by atoms with van der Waals surface area (Å²) in [7, 11) is 0. The summed E-state index contributed by atoms with van der Waals surface area (Å²) in [4.78, 5) is 5.52. The lowest BCUT2D eigenvalue weighted by Gasteiger charge is -2.25. The van der Waals surface area contributed by atoms with Crippen molar-refractivity contribution in [3.05, 3.63) is 21.4 Å². The van der Waals surface area contributed by atoms with Crippen molar-refractivity contribution >= 4 is 11.3 Å². The van der Waals surface area contributed by atoms with E-state index in [2.05, 4.69) is 50.9 Å². The summed E-state index contributed by atoms with van der Waals surface area (Å²) >= 11 is 1.95. The standard InChI is InChI=1S/C16H30N2S/c1-6-8-17-11-16-10-15(14(5)19-16)12-18(9-7-2)13(3)4/h10,13,17H,6-9,11-12H2,1-5H3. The molecule has 0 unspecified atom stereocenters. The molecule has 0 saturated heterocycles. The Kier molecular flexibility index (Phi) is 7.66. The van der Waals surface area contributed by atoms with Gasteiger partial charge in [-0.2, -0.15) is 0 Å². The van der Waals surface area contributed by atoms with Crippen LogP contribution in [0.25, 0.3) is 0 Å². The van der Waals surface area contributed by atoms with Crippen LogP contribution in [-0.2, 0) is 13.1 Å². The molecule has 1 N–H and O–H groups in total. The lowest BCUT2D eigenvalue weighted by Crippen LogP contribution is -2.31. The van der Waals surface area contributed by atoms with E-state index in [0.29, 0.717) is 6.04 Å². The minimum Gasteiger partial charge on any atom is -0.312 e. The Bertz CT molecular complexity index is 358. The number of nitrogens with one attached hydrogen (secondary N) is 1. The van der Waals surface area contributed by atoms with E-state index in [9.17, 15) is 0 Å². The molecule has 1 heterocycles. The maximum atomic E-state index is 3.49. The van der Waals surface area contributed by atoms with Gasteiger partial charge in [0, 0.05) is 28.9 Å². The zero-order valence-corrected chi connectivity index (χ0v) is 14.1. The predicted molar refractivity (Wildman–Crippen MR) is 86.9 cm³/mol. The van der Waals surface area contributed by atoms with Crippen molar-refractivity contribution in [1.29, 1.82) is 0 Å². The quantitative estimate of drug-likeness (QED) is 0.684. The Morgan fingerprint density at radius 2 is 2.00 bits per heavy atom. The predicted octanol–water partition coefficient (Wildman–Crippen LogP) is 4.18. The molecule has 0 spiro atoms. The molecule has 19 heavy (non-hydrogen) atoms. The van der Waals surface area contributed by atoms with Crippen molar-refractivity contribution in [2.24, 2.45) is 0 Å². The van der Waals surface area contributed by atoms with Crippen LogP contribution in [0.2, 0.25) is 0 Å². The molecule has 0 aliphatic carbocycles. The maximum absolute atomic E-state index is 3.49. The van der Waals surface area contributed by atoms with Crippen molar-refractivity contribution < 1.29 is 0 Å². The summed E-state index contributed by atoms with van der Waals surface area (Å²) in [5, 5.41) is 3.49. The van der Waals surface area contributed by atoms with Crippen LogP contribution >= 0.6 is 11.3 Å². The molecule has 0 aliphatic rings. The highest BCUT2D eigenvalue weighted by Gasteiger charge is 2.12. The van der Waals surface area contributed by atoms with Crippen LogP contribution in [0.4, 0.5) is 0 Å². The summed E-state index contributed by atoms with van der Waals surface area (Å²) in [5.74, 6) is 0. The Balaban J connectivity index is 2.61. The van der Waals surface area contributed by atoms with Crippen molar-refractivity contribution in [1.82, 2.24) is 10.2 Å². The first kappa shape index (κ1) is 16.7. The summed E-state index contributed by atoms with van der Waals surface area (Å²) in [6, 6.07) is 3.02. The molecule has 2 nitrogen and oxygen atoms in total. The molecule has 110 valence electrons. The largest absolute Gasteiger partial charge is 0.312 e. The molecule has 1 aromatic heterocycles. The van der Waals surface area contributed by atoms with Crippen LogP contribution in [0.15, 0.2) is 6.07 Å². The third-order valence-corrected chi connectivity index (χ3v) is 4.50. The number of thiophene rings is 1. The topological polar surface area (TPSA) is 15.3 Å². The second-order valence-corrected chi connectivity index (χ2v) is 6.88. The molecule has 0 fully saturated rings. The molecule has 1 aromatic rings. The van der Waals surface area contributed by atoms with Gasteiger partial charge in [-0.1, -0.05) is 13.8 Å². The van der Waals surface area contributed by atoms with Gasteiger partial charge in [-0.15, -0.1) is 11.3 Å². The summed E-state index contributed by atoms with van der Waals surface area (Å²) in [6.45, 7) is 15.7. The normalized spacial score (nSPS) is 11.7. The van der Waals surface area contributed by atoms with Crippen molar-refractivity contribution in [3.63, 3.8) is 0 Å². The Hall–Kier alpha value is -0.380. The van der Waals surface area contributed by atoms with Gasteiger partial charge in [0.2, 0.25) is 0 Å².